The van der Waals surface area contributed by atoms with Gasteiger partial charge < -0.3 is 25.0 Å². The van der Waals surface area contributed by atoms with Gasteiger partial charge in [0.1, 0.15) is 5.82 Å². The van der Waals surface area contributed by atoms with Gasteiger partial charge in [-0.2, -0.15) is 0 Å². The average molecular weight is 544 g/mol. The van der Waals surface area contributed by atoms with Gasteiger partial charge in [-0.1, -0.05) is 33.3 Å². The number of nitrogens with two attached hydrogens (primary N) is 1. The standard InChI is InChI=1S/C28H41N5O6/c1-6-7-12-33-25(29)24(26(35)30-28(33)37)32(14-10-18(2)3)27(36)20-16-23(34)31(17-20)13-11-19-8-9-21(38-4)22(15-19)39-5/h8-9,15,18,20H,6-7,10-14,16-17,29H2,1-5H3,(H,30,35,37). The molecule has 0 bridgehead atoms. The van der Waals surface area contributed by atoms with E-state index in [4.69, 9.17) is 15.2 Å². The van der Waals surface area contributed by atoms with E-state index < -0.39 is 17.2 Å². The van der Waals surface area contributed by atoms with Gasteiger partial charge in [0.05, 0.1) is 20.1 Å². The quantitative estimate of drug-likeness (QED) is 0.395. The third kappa shape index (κ3) is 7.01. The fraction of sp³-hybridized carbons (Fsp3) is 0.571. The zero-order valence-electron chi connectivity index (χ0n) is 23.6. The molecule has 1 aromatic carbocycles. The molecule has 1 aromatic heterocycles. The Morgan fingerprint density at radius 1 is 1.15 bits per heavy atom. The third-order valence-electron chi connectivity index (χ3n) is 7.10. The van der Waals surface area contributed by atoms with E-state index in [-0.39, 0.29) is 48.7 Å². The summed E-state index contributed by atoms with van der Waals surface area (Å²) >= 11 is 0. The second-order valence-electron chi connectivity index (χ2n) is 10.4. The number of nitrogens with zero attached hydrogens (tertiary/aromatic N) is 3. The molecule has 0 spiro atoms. The number of nitrogens with one attached hydrogen (secondary N) is 1. The zero-order valence-corrected chi connectivity index (χ0v) is 23.6. The van der Waals surface area contributed by atoms with Gasteiger partial charge in [-0.3, -0.25) is 23.9 Å². The molecular formula is C28H41N5O6. The van der Waals surface area contributed by atoms with Crippen LogP contribution in [0.2, 0.25) is 0 Å². The molecule has 1 aliphatic heterocycles. The Labute approximate surface area is 228 Å². The Hall–Kier alpha value is -3.76. The topological polar surface area (TPSA) is 140 Å². The van der Waals surface area contributed by atoms with Crippen LogP contribution in [0.4, 0.5) is 11.5 Å². The van der Waals surface area contributed by atoms with Crippen LogP contribution in [0.3, 0.4) is 0 Å². The van der Waals surface area contributed by atoms with Crippen molar-refractivity contribution >= 4 is 23.3 Å². The van der Waals surface area contributed by atoms with Crippen molar-refractivity contribution in [3.63, 3.8) is 0 Å². The van der Waals surface area contributed by atoms with Gasteiger partial charge in [0.2, 0.25) is 11.8 Å². The van der Waals surface area contributed by atoms with Crippen LogP contribution in [0.1, 0.15) is 52.0 Å². The minimum Gasteiger partial charge on any atom is -0.493 e. The first kappa shape index (κ1) is 29.8. The van der Waals surface area contributed by atoms with E-state index in [1.807, 2.05) is 39.0 Å². The van der Waals surface area contributed by atoms with Gasteiger partial charge in [-0.25, -0.2) is 4.79 Å². The fourth-order valence-electron chi connectivity index (χ4n) is 4.77. The van der Waals surface area contributed by atoms with Gasteiger partial charge in [-0.05, 0) is 42.9 Å². The van der Waals surface area contributed by atoms with E-state index in [1.54, 1.807) is 19.1 Å². The molecule has 0 radical (unpaired) electrons. The largest absolute Gasteiger partial charge is 0.493 e. The van der Waals surface area contributed by atoms with Crippen LogP contribution < -0.4 is 31.4 Å². The number of ether oxygens (including phenoxy) is 2. The number of carbonyl (C=O) groups is 2. The maximum Gasteiger partial charge on any atom is 0.330 e. The Kier molecular flexibility index (Phi) is 10.2. The molecule has 214 valence electrons. The number of anilines is 2. The van der Waals surface area contributed by atoms with Crippen molar-refractivity contribution in [1.82, 2.24) is 14.5 Å². The highest BCUT2D eigenvalue weighted by molar-refractivity contribution is 6.00. The molecule has 1 unspecified atom stereocenters. The maximum absolute atomic E-state index is 13.8. The number of rotatable bonds is 13. The molecule has 0 saturated carbocycles. The molecule has 1 aliphatic rings. The van der Waals surface area contributed by atoms with Crippen molar-refractivity contribution in [2.45, 2.75) is 59.4 Å². The summed E-state index contributed by atoms with van der Waals surface area (Å²) in [4.78, 5) is 57.5. The first-order valence-corrected chi connectivity index (χ1v) is 13.5. The summed E-state index contributed by atoms with van der Waals surface area (Å²) in [6.45, 7) is 7.31. The zero-order chi connectivity index (χ0) is 28.7. The summed E-state index contributed by atoms with van der Waals surface area (Å²) in [5, 5.41) is 0. The minimum atomic E-state index is -0.697. The fourth-order valence-corrected chi connectivity index (χ4v) is 4.77. The van der Waals surface area contributed by atoms with Gasteiger partial charge >= 0.3 is 5.69 Å². The van der Waals surface area contributed by atoms with E-state index in [1.165, 1.54) is 9.47 Å². The van der Waals surface area contributed by atoms with Crippen LogP contribution >= 0.6 is 0 Å². The lowest BCUT2D eigenvalue weighted by molar-refractivity contribution is -0.128. The van der Waals surface area contributed by atoms with Gasteiger partial charge in [0, 0.05) is 32.6 Å². The number of hydrogen-bond donors (Lipinski definition) is 2. The highest BCUT2D eigenvalue weighted by atomic mass is 16.5. The van der Waals surface area contributed by atoms with Gasteiger partial charge in [0.25, 0.3) is 5.56 Å². The Balaban J connectivity index is 1.82. The lowest BCUT2D eigenvalue weighted by Crippen LogP contribution is -2.44. The minimum absolute atomic E-state index is 0.0208. The second-order valence-corrected chi connectivity index (χ2v) is 10.4. The van der Waals surface area contributed by atoms with Crippen LogP contribution in [0.15, 0.2) is 27.8 Å². The number of benzene rings is 1. The van der Waals surface area contributed by atoms with Crippen molar-refractivity contribution in [3.8, 4) is 11.5 Å². The summed E-state index contributed by atoms with van der Waals surface area (Å²) < 4.78 is 12.0. The van der Waals surface area contributed by atoms with Crippen LogP contribution in [-0.2, 0) is 22.6 Å². The number of aromatic amines is 1. The number of nitrogen functional groups attached to an aromatic ring is 1. The van der Waals surface area contributed by atoms with Crippen molar-refractivity contribution in [3.05, 3.63) is 44.6 Å². The average Bonchev–Trinajstić information content (AvgIpc) is 3.28. The predicted molar refractivity (Wildman–Crippen MR) is 150 cm³/mol. The molecule has 39 heavy (non-hydrogen) atoms. The normalized spacial score (nSPS) is 15.2. The van der Waals surface area contributed by atoms with E-state index in [2.05, 4.69) is 4.98 Å². The molecule has 11 nitrogen and oxygen atoms in total. The summed E-state index contributed by atoms with van der Waals surface area (Å²) in [6.07, 6.45) is 2.79. The van der Waals surface area contributed by atoms with Crippen molar-refractivity contribution < 1.29 is 19.1 Å². The van der Waals surface area contributed by atoms with Crippen LogP contribution in [0.25, 0.3) is 0 Å². The first-order chi connectivity index (χ1) is 18.6. The van der Waals surface area contributed by atoms with E-state index in [0.717, 1.165) is 12.0 Å². The van der Waals surface area contributed by atoms with Crippen LogP contribution in [0, 0.1) is 11.8 Å². The first-order valence-electron chi connectivity index (χ1n) is 13.5. The molecule has 1 atom stereocenters. The smallest absolute Gasteiger partial charge is 0.330 e. The lowest BCUT2D eigenvalue weighted by atomic mass is 10.0. The summed E-state index contributed by atoms with van der Waals surface area (Å²) in [5.41, 5.74) is 6.00. The highest BCUT2D eigenvalue weighted by Crippen LogP contribution is 2.29. The number of methoxy groups -OCH3 is 2. The molecule has 3 N–H and O–H groups in total. The van der Waals surface area contributed by atoms with Gasteiger partial charge in [0.15, 0.2) is 17.2 Å². The Bertz CT molecular complexity index is 1280. The number of unbranched alkanes of at least 4 members (excludes halogenated alkanes) is 1. The lowest BCUT2D eigenvalue weighted by Gasteiger charge is -2.27. The highest BCUT2D eigenvalue weighted by Gasteiger charge is 2.38. The van der Waals surface area contributed by atoms with Crippen LogP contribution in [0.5, 0.6) is 11.5 Å². The Morgan fingerprint density at radius 2 is 1.87 bits per heavy atom. The van der Waals surface area contributed by atoms with E-state index >= 15 is 0 Å². The van der Waals surface area contributed by atoms with Crippen molar-refractivity contribution in [2.24, 2.45) is 11.8 Å². The Morgan fingerprint density at radius 3 is 2.51 bits per heavy atom. The number of likely N-dealkylation sites (tertiary alicyclic amines) is 1. The molecule has 2 amide bonds. The van der Waals surface area contributed by atoms with Crippen molar-refractivity contribution in [2.75, 3.05) is 44.5 Å². The number of carbonyl (C=O) groups excluding carboxylic acids is 2. The molecule has 3 rings (SSSR count). The summed E-state index contributed by atoms with van der Waals surface area (Å²) in [6, 6.07) is 5.61. The number of hydrogen-bond acceptors (Lipinski definition) is 7. The van der Waals surface area contributed by atoms with Crippen LogP contribution in [-0.4, -0.2) is 60.1 Å². The number of aromatic nitrogens is 2. The molecule has 0 aliphatic carbocycles. The summed E-state index contributed by atoms with van der Waals surface area (Å²) in [7, 11) is 3.14. The van der Waals surface area contributed by atoms with E-state index in [9.17, 15) is 19.2 Å². The molecule has 2 heterocycles. The third-order valence-corrected chi connectivity index (χ3v) is 7.10. The molecule has 1 fully saturated rings. The maximum atomic E-state index is 13.8. The molecule has 11 heteroatoms. The molecule has 2 aromatic rings. The molecule has 1 saturated heterocycles. The monoisotopic (exact) mass is 543 g/mol. The predicted octanol–water partition coefficient (Wildman–Crippen LogP) is 2.41. The number of amides is 2. The SMILES string of the molecule is CCCCn1c(N)c(N(CCC(C)C)C(=O)C2CC(=O)N(CCc3ccc(OC)c(OC)c3)C2)c(=O)[nH]c1=O. The van der Waals surface area contributed by atoms with E-state index in [0.29, 0.717) is 43.9 Å². The second kappa shape index (κ2) is 13.3. The number of H-pyrrole nitrogens is 1. The summed E-state index contributed by atoms with van der Waals surface area (Å²) in [5.74, 6) is 0.396. The molecular weight excluding hydrogens is 502 g/mol. The van der Waals surface area contributed by atoms with Crippen molar-refractivity contribution in [1.29, 1.82) is 0 Å². The van der Waals surface area contributed by atoms with Gasteiger partial charge in [-0.15, -0.1) is 0 Å².